The summed E-state index contributed by atoms with van der Waals surface area (Å²) in [7, 11) is 0. The van der Waals surface area contributed by atoms with E-state index in [1.54, 1.807) is 12.1 Å². The highest BCUT2D eigenvalue weighted by Gasteiger charge is 2.09. The van der Waals surface area contributed by atoms with Gasteiger partial charge in [0.2, 0.25) is 0 Å². The van der Waals surface area contributed by atoms with Crippen LogP contribution in [0.15, 0.2) is 53.1 Å². The second-order valence-electron chi connectivity index (χ2n) is 4.37. The number of hydrogen-bond acceptors (Lipinski definition) is 5. The van der Waals surface area contributed by atoms with Gasteiger partial charge in [-0.05, 0) is 24.3 Å². The molecule has 0 atom stereocenters. The van der Waals surface area contributed by atoms with Crippen molar-refractivity contribution < 1.29 is 23.5 Å². The first-order valence-electron chi connectivity index (χ1n) is 6.91. The van der Waals surface area contributed by atoms with Crippen LogP contribution in [-0.4, -0.2) is 31.6 Å². The van der Waals surface area contributed by atoms with E-state index in [0.29, 0.717) is 0 Å². The highest BCUT2D eigenvalue weighted by atomic mass is 16.6. The van der Waals surface area contributed by atoms with Gasteiger partial charge in [-0.1, -0.05) is 18.2 Å². The number of amides is 1. The minimum atomic E-state index is -0.392. The number of benzene rings is 1. The third-order valence-corrected chi connectivity index (χ3v) is 2.72. The first-order chi connectivity index (χ1) is 10.8. The Morgan fingerprint density at radius 2 is 1.86 bits per heavy atom. The summed E-state index contributed by atoms with van der Waals surface area (Å²) >= 11 is 0. The van der Waals surface area contributed by atoms with Crippen LogP contribution < -0.4 is 10.1 Å². The van der Waals surface area contributed by atoms with Crippen LogP contribution in [0.5, 0.6) is 5.75 Å². The van der Waals surface area contributed by atoms with Crippen LogP contribution >= 0.6 is 0 Å². The Labute approximate surface area is 128 Å². The van der Waals surface area contributed by atoms with Gasteiger partial charge in [0.25, 0.3) is 5.91 Å². The second kappa shape index (κ2) is 8.51. The van der Waals surface area contributed by atoms with E-state index in [9.17, 15) is 9.59 Å². The predicted molar refractivity (Wildman–Crippen MR) is 78.6 cm³/mol. The summed E-state index contributed by atoms with van der Waals surface area (Å²) in [6, 6.07) is 12.4. The van der Waals surface area contributed by atoms with Crippen molar-refractivity contribution in [3.05, 3.63) is 54.5 Å². The number of nitrogens with one attached hydrogen (secondary N) is 1. The monoisotopic (exact) mass is 303 g/mol. The highest BCUT2D eigenvalue weighted by Crippen LogP contribution is 2.07. The van der Waals surface area contributed by atoms with Crippen molar-refractivity contribution in [2.45, 2.75) is 6.42 Å². The third-order valence-electron chi connectivity index (χ3n) is 2.72. The fourth-order valence-corrected chi connectivity index (χ4v) is 1.68. The minimum Gasteiger partial charge on any atom is -0.490 e. The lowest BCUT2D eigenvalue weighted by Gasteiger charge is -2.07. The number of esters is 1. The summed E-state index contributed by atoms with van der Waals surface area (Å²) in [6.07, 6.45) is 1.51. The highest BCUT2D eigenvalue weighted by molar-refractivity contribution is 5.91. The number of ether oxygens (including phenoxy) is 2. The molecule has 0 saturated carbocycles. The van der Waals surface area contributed by atoms with E-state index >= 15 is 0 Å². The van der Waals surface area contributed by atoms with Crippen molar-refractivity contribution in [2.24, 2.45) is 0 Å². The van der Waals surface area contributed by atoms with Crippen molar-refractivity contribution in [1.29, 1.82) is 0 Å². The summed E-state index contributed by atoms with van der Waals surface area (Å²) in [4.78, 5) is 23.0. The van der Waals surface area contributed by atoms with Gasteiger partial charge < -0.3 is 19.2 Å². The zero-order valence-corrected chi connectivity index (χ0v) is 12.0. The molecule has 0 spiro atoms. The summed E-state index contributed by atoms with van der Waals surface area (Å²) in [5.74, 6) is 0.190. The number of carbonyl (C=O) groups excluding carboxylic acids is 2. The molecule has 0 radical (unpaired) electrons. The van der Waals surface area contributed by atoms with Crippen LogP contribution in [0, 0.1) is 0 Å². The molecule has 6 nitrogen and oxygen atoms in total. The van der Waals surface area contributed by atoms with E-state index in [2.05, 4.69) is 5.32 Å². The number of carbonyl (C=O) groups is 2. The average Bonchev–Trinajstić information content (AvgIpc) is 3.07. The van der Waals surface area contributed by atoms with Crippen LogP contribution in [0.25, 0.3) is 0 Å². The first kappa shape index (κ1) is 15.6. The Morgan fingerprint density at radius 3 is 2.59 bits per heavy atom. The molecule has 2 rings (SSSR count). The summed E-state index contributed by atoms with van der Waals surface area (Å²) in [5, 5.41) is 2.57. The van der Waals surface area contributed by atoms with Crippen molar-refractivity contribution in [3.63, 3.8) is 0 Å². The van der Waals surface area contributed by atoms with Gasteiger partial charge in [-0.15, -0.1) is 0 Å². The predicted octanol–water partition coefficient (Wildman–Crippen LogP) is 2.02. The Kier molecular flexibility index (Phi) is 6.04. The molecule has 1 aromatic carbocycles. The van der Waals surface area contributed by atoms with E-state index in [0.717, 1.165) is 5.75 Å². The van der Waals surface area contributed by atoms with Crippen LogP contribution in [0.4, 0.5) is 0 Å². The van der Waals surface area contributed by atoms with Crippen LogP contribution in [0.3, 0.4) is 0 Å². The Balaban J connectivity index is 1.54. The summed E-state index contributed by atoms with van der Waals surface area (Å²) in [6.45, 7) is 0.645. The Bertz CT molecular complexity index is 580. The lowest BCUT2D eigenvalue weighted by Crippen LogP contribution is -2.26. The van der Waals surface area contributed by atoms with Gasteiger partial charge >= 0.3 is 5.97 Å². The molecule has 1 N–H and O–H groups in total. The van der Waals surface area contributed by atoms with E-state index in [4.69, 9.17) is 13.9 Å². The molecule has 1 heterocycles. The van der Waals surface area contributed by atoms with Gasteiger partial charge in [-0.2, -0.15) is 0 Å². The number of para-hydroxylation sites is 1. The molecule has 0 fully saturated rings. The average molecular weight is 303 g/mol. The molecule has 116 valence electrons. The van der Waals surface area contributed by atoms with Gasteiger partial charge in [-0.3, -0.25) is 9.59 Å². The van der Waals surface area contributed by atoms with E-state index in [1.807, 2.05) is 30.3 Å². The fourth-order valence-electron chi connectivity index (χ4n) is 1.68. The van der Waals surface area contributed by atoms with E-state index < -0.39 is 5.97 Å². The zero-order chi connectivity index (χ0) is 15.6. The summed E-state index contributed by atoms with van der Waals surface area (Å²) in [5.41, 5.74) is 0. The molecular weight excluding hydrogens is 286 g/mol. The maximum Gasteiger partial charge on any atom is 0.307 e. The van der Waals surface area contributed by atoms with Crippen molar-refractivity contribution >= 4 is 11.9 Å². The molecule has 0 aliphatic carbocycles. The SMILES string of the molecule is O=C(CCNC(=O)c1ccco1)OCCOc1ccccc1. The number of furan rings is 1. The number of hydrogen-bond donors (Lipinski definition) is 1. The Morgan fingerprint density at radius 1 is 1.05 bits per heavy atom. The van der Waals surface area contributed by atoms with Gasteiger partial charge in [-0.25, -0.2) is 0 Å². The van der Waals surface area contributed by atoms with Gasteiger partial charge in [0.1, 0.15) is 19.0 Å². The molecular formula is C16H17NO5. The summed E-state index contributed by atoms with van der Waals surface area (Å²) < 4.78 is 15.3. The van der Waals surface area contributed by atoms with Gasteiger partial charge in [0.05, 0.1) is 12.7 Å². The molecule has 1 amide bonds. The van der Waals surface area contributed by atoms with Gasteiger partial charge in [0, 0.05) is 6.54 Å². The topological polar surface area (TPSA) is 77.8 Å². The minimum absolute atomic E-state index is 0.0950. The lowest BCUT2D eigenvalue weighted by atomic mass is 10.3. The van der Waals surface area contributed by atoms with Crippen LogP contribution in [0.2, 0.25) is 0 Å². The smallest absolute Gasteiger partial charge is 0.307 e. The zero-order valence-electron chi connectivity index (χ0n) is 12.0. The maximum absolute atomic E-state index is 11.5. The van der Waals surface area contributed by atoms with Gasteiger partial charge in [0.15, 0.2) is 5.76 Å². The van der Waals surface area contributed by atoms with Crippen molar-refractivity contribution in [2.75, 3.05) is 19.8 Å². The lowest BCUT2D eigenvalue weighted by molar-refractivity contribution is -0.144. The van der Waals surface area contributed by atoms with Crippen molar-refractivity contribution in [3.8, 4) is 5.75 Å². The first-order valence-corrected chi connectivity index (χ1v) is 6.91. The fraction of sp³-hybridized carbons (Fsp3) is 0.250. The largest absolute Gasteiger partial charge is 0.490 e. The molecule has 1 aromatic heterocycles. The molecule has 0 bridgehead atoms. The van der Waals surface area contributed by atoms with Crippen LogP contribution in [0.1, 0.15) is 17.0 Å². The molecule has 22 heavy (non-hydrogen) atoms. The molecule has 0 aliphatic rings. The van der Waals surface area contributed by atoms with E-state index in [1.165, 1.54) is 6.26 Å². The maximum atomic E-state index is 11.5. The van der Waals surface area contributed by atoms with Crippen LogP contribution in [-0.2, 0) is 9.53 Å². The molecule has 0 unspecified atom stereocenters. The number of rotatable bonds is 8. The molecule has 0 aliphatic heterocycles. The Hall–Kier alpha value is -2.76. The quantitative estimate of drug-likeness (QED) is 0.596. The molecule has 0 saturated heterocycles. The third kappa shape index (κ3) is 5.32. The van der Waals surface area contributed by atoms with E-state index in [-0.39, 0.29) is 37.8 Å². The molecule has 2 aromatic rings. The normalized spacial score (nSPS) is 10.0. The second-order valence-corrected chi connectivity index (χ2v) is 4.37. The molecule has 6 heteroatoms. The standard InChI is InChI=1S/C16H17NO5/c18-15(8-9-17-16(19)14-7-4-10-21-14)22-12-11-20-13-5-2-1-3-6-13/h1-7,10H,8-9,11-12H2,(H,17,19). The van der Waals surface area contributed by atoms with Crippen molar-refractivity contribution in [1.82, 2.24) is 5.32 Å².